The molecule has 0 aliphatic carbocycles. The Bertz CT molecular complexity index is 761. The Morgan fingerprint density at radius 1 is 1.22 bits per heavy atom. The second-order valence-electron chi connectivity index (χ2n) is 7.14. The van der Waals surface area contributed by atoms with Gasteiger partial charge in [0.15, 0.2) is 11.5 Å². The van der Waals surface area contributed by atoms with Crippen molar-refractivity contribution in [1.82, 2.24) is 10.2 Å². The first-order valence-electron chi connectivity index (χ1n) is 9.76. The minimum atomic E-state index is -0.292. The molecule has 0 bridgehead atoms. The molecule has 1 N–H and O–H groups in total. The van der Waals surface area contributed by atoms with Gasteiger partial charge in [0, 0.05) is 12.6 Å². The molecule has 1 aliphatic rings. The van der Waals surface area contributed by atoms with Crippen LogP contribution in [0.15, 0.2) is 36.4 Å². The minimum Gasteiger partial charge on any atom is -0.489 e. The number of nitrogens with zero attached hydrogens (tertiary/aromatic N) is 3. The fourth-order valence-electron chi connectivity index (χ4n) is 3.44. The van der Waals surface area contributed by atoms with Crippen LogP contribution in [0.1, 0.15) is 56.9 Å². The molecule has 1 atom stereocenters. The average molecular weight is 368 g/mol. The highest BCUT2D eigenvalue weighted by Crippen LogP contribution is 2.26. The number of amides is 1. The van der Waals surface area contributed by atoms with E-state index < -0.39 is 0 Å². The molecular weight excluding hydrogens is 340 g/mol. The molecule has 1 aliphatic heterocycles. The van der Waals surface area contributed by atoms with Crippen molar-refractivity contribution in [3.05, 3.63) is 42.1 Å². The van der Waals surface area contributed by atoms with Crippen molar-refractivity contribution in [2.75, 3.05) is 16.8 Å². The van der Waals surface area contributed by atoms with Crippen molar-refractivity contribution < 1.29 is 9.53 Å². The third-order valence-electron chi connectivity index (χ3n) is 4.77. The quantitative estimate of drug-likeness (QED) is 0.824. The van der Waals surface area contributed by atoms with Crippen LogP contribution < -0.4 is 15.0 Å². The average Bonchev–Trinajstić information content (AvgIpc) is 2.69. The summed E-state index contributed by atoms with van der Waals surface area (Å²) < 4.78 is 5.75. The van der Waals surface area contributed by atoms with Crippen LogP contribution in [0.3, 0.4) is 0 Å². The van der Waals surface area contributed by atoms with Crippen LogP contribution in [-0.4, -0.2) is 34.8 Å². The normalized spacial score (nSPS) is 17.0. The van der Waals surface area contributed by atoms with Crippen molar-refractivity contribution in [2.24, 2.45) is 0 Å². The minimum absolute atomic E-state index is 0.0261. The molecule has 1 fully saturated rings. The lowest BCUT2D eigenvalue weighted by Crippen LogP contribution is -2.39. The van der Waals surface area contributed by atoms with Crippen molar-refractivity contribution >= 4 is 17.4 Å². The first-order chi connectivity index (χ1) is 13.1. The van der Waals surface area contributed by atoms with E-state index in [1.807, 2.05) is 44.2 Å². The van der Waals surface area contributed by atoms with Gasteiger partial charge < -0.3 is 15.0 Å². The third kappa shape index (κ3) is 4.76. The summed E-state index contributed by atoms with van der Waals surface area (Å²) >= 11 is 0. The number of ether oxygens (including phenoxy) is 1. The molecule has 1 saturated heterocycles. The molecule has 0 radical (unpaired) electrons. The Morgan fingerprint density at radius 2 is 2.04 bits per heavy atom. The van der Waals surface area contributed by atoms with Crippen LogP contribution in [0.25, 0.3) is 0 Å². The van der Waals surface area contributed by atoms with E-state index in [1.165, 1.54) is 19.3 Å². The topological polar surface area (TPSA) is 67.4 Å². The highest BCUT2D eigenvalue weighted by atomic mass is 16.5. The van der Waals surface area contributed by atoms with E-state index in [1.54, 1.807) is 6.07 Å². The maximum atomic E-state index is 12.6. The van der Waals surface area contributed by atoms with E-state index in [4.69, 9.17) is 4.74 Å². The van der Waals surface area contributed by atoms with Gasteiger partial charge in [-0.15, -0.1) is 10.2 Å². The number of rotatable bonds is 6. The summed E-state index contributed by atoms with van der Waals surface area (Å²) in [6, 6.07) is 11.5. The Hall–Kier alpha value is -2.63. The predicted molar refractivity (Wildman–Crippen MR) is 107 cm³/mol. The van der Waals surface area contributed by atoms with E-state index >= 15 is 0 Å². The van der Waals surface area contributed by atoms with Crippen molar-refractivity contribution in [3.8, 4) is 5.75 Å². The molecule has 1 amide bonds. The molecular formula is C21H28N4O2. The number of carbonyl (C=O) groups is 1. The summed E-state index contributed by atoms with van der Waals surface area (Å²) in [7, 11) is 0. The maximum Gasteiger partial charge on any atom is 0.276 e. The number of anilines is 2. The fourth-order valence-corrected chi connectivity index (χ4v) is 3.44. The van der Waals surface area contributed by atoms with Gasteiger partial charge in [-0.25, -0.2) is 0 Å². The van der Waals surface area contributed by atoms with Gasteiger partial charge >= 0.3 is 0 Å². The second kappa shape index (κ2) is 8.84. The Kier molecular flexibility index (Phi) is 6.27. The lowest BCUT2D eigenvalue weighted by molar-refractivity contribution is 0.102. The van der Waals surface area contributed by atoms with Crippen molar-refractivity contribution in [3.63, 3.8) is 0 Å². The summed E-state index contributed by atoms with van der Waals surface area (Å²) in [5.74, 6) is 1.20. The molecule has 1 aromatic carbocycles. The van der Waals surface area contributed by atoms with Crippen LogP contribution >= 0.6 is 0 Å². The maximum absolute atomic E-state index is 12.6. The lowest BCUT2D eigenvalue weighted by atomic mass is 10.0. The summed E-state index contributed by atoms with van der Waals surface area (Å²) in [4.78, 5) is 14.9. The lowest BCUT2D eigenvalue weighted by Gasteiger charge is -2.35. The second-order valence-corrected chi connectivity index (χ2v) is 7.14. The number of nitrogens with one attached hydrogen (secondary N) is 1. The number of hydrogen-bond acceptors (Lipinski definition) is 5. The number of aromatic nitrogens is 2. The molecule has 6 heteroatoms. The Morgan fingerprint density at radius 3 is 2.74 bits per heavy atom. The zero-order valence-electron chi connectivity index (χ0n) is 16.3. The number of para-hydroxylation sites is 2. The molecule has 2 heterocycles. The van der Waals surface area contributed by atoms with Crippen LogP contribution in [0.2, 0.25) is 0 Å². The summed E-state index contributed by atoms with van der Waals surface area (Å²) in [5.41, 5.74) is 0.923. The first kappa shape index (κ1) is 19.1. The van der Waals surface area contributed by atoms with Gasteiger partial charge in [-0.3, -0.25) is 4.79 Å². The van der Waals surface area contributed by atoms with Gasteiger partial charge in [0.2, 0.25) is 0 Å². The van der Waals surface area contributed by atoms with Crippen molar-refractivity contribution in [2.45, 2.75) is 58.6 Å². The zero-order chi connectivity index (χ0) is 19.2. The summed E-state index contributed by atoms with van der Waals surface area (Å²) in [6.45, 7) is 7.10. The van der Waals surface area contributed by atoms with Crippen LogP contribution in [0.4, 0.5) is 11.5 Å². The van der Waals surface area contributed by atoms with E-state index in [-0.39, 0.29) is 12.0 Å². The van der Waals surface area contributed by atoms with E-state index in [2.05, 4.69) is 27.3 Å². The van der Waals surface area contributed by atoms with Gasteiger partial charge in [0.05, 0.1) is 11.8 Å². The molecule has 2 aromatic rings. The molecule has 1 unspecified atom stereocenters. The monoisotopic (exact) mass is 368 g/mol. The van der Waals surface area contributed by atoms with E-state index in [0.29, 0.717) is 23.2 Å². The smallest absolute Gasteiger partial charge is 0.276 e. The fraction of sp³-hybridized carbons (Fsp3) is 0.476. The van der Waals surface area contributed by atoms with Gasteiger partial charge in [-0.2, -0.15) is 0 Å². The number of hydrogen-bond donors (Lipinski definition) is 1. The molecule has 144 valence electrons. The molecule has 6 nitrogen and oxygen atoms in total. The highest BCUT2D eigenvalue weighted by molar-refractivity contribution is 6.03. The predicted octanol–water partition coefficient (Wildman–Crippen LogP) is 4.29. The standard InChI is InChI=1S/C21H28N4O2/c1-4-16-9-7-8-14-25(16)20-13-12-18(23-24-20)21(26)22-17-10-5-6-11-19(17)27-15(2)3/h5-6,10-13,15-16H,4,7-9,14H2,1-3H3,(H,22,26). The van der Waals surface area contributed by atoms with Gasteiger partial charge in [0.1, 0.15) is 5.75 Å². The van der Waals surface area contributed by atoms with Crippen LogP contribution in [0.5, 0.6) is 5.75 Å². The van der Waals surface area contributed by atoms with Gasteiger partial charge in [-0.05, 0) is 63.8 Å². The SMILES string of the molecule is CCC1CCCCN1c1ccc(C(=O)Nc2ccccc2OC(C)C)nn1. The van der Waals surface area contributed by atoms with E-state index in [0.717, 1.165) is 18.8 Å². The summed E-state index contributed by atoms with van der Waals surface area (Å²) in [5, 5.41) is 11.4. The van der Waals surface area contributed by atoms with Gasteiger partial charge in [0.25, 0.3) is 5.91 Å². The summed E-state index contributed by atoms with van der Waals surface area (Å²) in [6.07, 6.45) is 4.75. The van der Waals surface area contributed by atoms with Gasteiger partial charge in [-0.1, -0.05) is 19.1 Å². The largest absolute Gasteiger partial charge is 0.489 e. The molecule has 1 aromatic heterocycles. The number of piperidine rings is 1. The molecule has 0 saturated carbocycles. The first-order valence-corrected chi connectivity index (χ1v) is 9.76. The van der Waals surface area contributed by atoms with Crippen LogP contribution in [0, 0.1) is 0 Å². The van der Waals surface area contributed by atoms with Crippen LogP contribution in [-0.2, 0) is 0 Å². The Balaban J connectivity index is 1.71. The molecule has 3 rings (SSSR count). The number of benzene rings is 1. The number of carbonyl (C=O) groups excluding carboxylic acids is 1. The van der Waals surface area contributed by atoms with E-state index in [9.17, 15) is 4.79 Å². The third-order valence-corrected chi connectivity index (χ3v) is 4.77. The zero-order valence-corrected chi connectivity index (χ0v) is 16.3. The Labute approximate surface area is 160 Å². The highest BCUT2D eigenvalue weighted by Gasteiger charge is 2.22. The molecule has 0 spiro atoms. The van der Waals surface area contributed by atoms with Crippen molar-refractivity contribution in [1.29, 1.82) is 0 Å². The molecule has 27 heavy (non-hydrogen) atoms.